The first-order valence-electron chi connectivity index (χ1n) is 3.68. The quantitative estimate of drug-likeness (QED) is 0.659. The number of aliphatic carboxylic acids is 1. The van der Waals surface area contributed by atoms with Crippen LogP contribution in [0, 0.1) is 0 Å². The Labute approximate surface area is 78.8 Å². The van der Waals surface area contributed by atoms with Gasteiger partial charge in [-0.15, -0.1) is 0 Å². The summed E-state index contributed by atoms with van der Waals surface area (Å²) in [6, 6.07) is 0. The number of thiazole rings is 1. The molecule has 0 saturated carbocycles. The predicted molar refractivity (Wildman–Crippen MR) is 48.4 cm³/mol. The lowest BCUT2D eigenvalue weighted by atomic mass is 10.0. The highest BCUT2D eigenvalue weighted by Crippen LogP contribution is 2.30. The van der Waals surface area contributed by atoms with Gasteiger partial charge >= 0.3 is 5.97 Å². The van der Waals surface area contributed by atoms with E-state index in [2.05, 4.69) is 4.98 Å². The Bertz CT molecular complexity index is 325. The summed E-state index contributed by atoms with van der Waals surface area (Å²) >= 11 is 0.983. The number of nitrogens with two attached hydrogens (primary N) is 1. The molecule has 0 bridgehead atoms. The van der Waals surface area contributed by atoms with Crippen LogP contribution in [0.25, 0.3) is 0 Å². The van der Waals surface area contributed by atoms with Crippen molar-refractivity contribution >= 4 is 22.4 Å². The van der Waals surface area contributed by atoms with Crippen molar-refractivity contribution in [3.05, 3.63) is 11.1 Å². The van der Waals surface area contributed by atoms with Crippen molar-refractivity contribution < 1.29 is 15.0 Å². The van der Waals surface area contributed by atoms with Gasteiger partial charge in [-0.2, -0.15) is 0 Å². The summed E-state index contributed by atoms with van der Waals surface area (Å²) < 4.78 is 0. The Balaban J connectivity index is 3.09. The third-order valence-electron chi connectivity index (χ3n) is 1.80. The first kappa shape index (κ1) is 9.94. The maximum absolute atomic E-state index is 10.8. The Morgan fingerprint density at radius 2 is 2.46 bits per heavy atom. The minimum Gasteiger partial charge on any atom is -0.479 e. The maximum Gasteiger partial charge on any atom is 0.341 e. The zero-order valence-electron chi connectivity index (χ0n) is 7.02. The fourth-order valence-electron chi connectivity index (χ4n) is 0.910. The zero-order valence-corrected chi connectivity index (χ0v) is 7.84. The Kier molecular flexibility index (Phi) is 2.53. The summed E-state index contributed by atoms with van der Waals surface area (Å²) in [5, 5.41) is 18.7. The summed E-state index contributed by atoms with van der Waals surface area (Å²) in [4.78, 5) is 14.7. The Hall–Kier alpha value is -1.14. The molecule has 72 valence electrons. The summed E-state index contributed by atoms with van der Waals surface area (Å²) in [6.45, 7) is 1.59. The van der Waals surface area contributed by atoms with Crippen molar-refractivity contribution in [1.82, 2.24) is 4.98 Å². The number of rotatable bonds is 3. The van der Waals surface area contributed by atoms with E-state index in [9.17, 15) is 9.90 Å². The van der Waals surface area contributed by atoms with Gasteiger partial charge in [0, 0.05) is 6.20 Å². The number of carboxylic acids is 1. The zero-order chi connectivity index (χ0) is 10.1. The number of aromatic nitrogens is 1. The minimum atomic E-state index is -1.85. The van der Waals surface area contributed by atoms with Gasteiger partial charge < -0.3 is 15.9 Å². The molecule has 5 nitrogen and oxygen atoms in total. The molecule has 0 amide bonds. The standard InChI is InChI=1S/C7H10N2O3S/c1-2-7(12,5(10)11)4-3-9-6(8)13-4/h3,12H,2H2,1H3,(H2,8,9)(H,10,11). The lowest BCUT2D eigenvalue weighted by Gasteiger charge is -2.18. The van der Waals surface area contributed by atoms with E-state index in [4.69, 9.17) is 10.8 Å². The summed E-state index contributed by atoms with van der Waals surface area (Å²) in [5.74, 6) is -1.28. The van der Waals surface area contributed by atoms with Gasteiger partial charge in [0.1, 0.15) is 0 Å². The number of carbonyl (C=O) groups is 1. The van der Waals surface area contributed by atoms with Crippen molar-refractivity contribution in [1.29, 1.82) is 0 Å². The first-order chi connectivity index (χ1) is 6.00. The molecule has 0 saturated heterocycles. The number of nitrogens with zero attached hydrogens (tertiary/aromatic N) is 1. The SMILES string of the molecule is CCC(O)(C(=O)O)c1cnc(N)s1. The predicted octanol–water partition coefficient (Wildman–Crippen LogP) is 0.408. The molecule has 0 spiro atoms. The second-order valence-electron chi connectivity index (χ2n) is 2.58. The number of anilines is 1. The minimum absolute atomic E-state index is 0.0873. The van der Waals surface area contributed by atoms with Crippen molar-refractivity contribution in [2.75, 3.05) is 5.73 Å². The molecule has 0 fully saturated rings. The van der Waals surface area contributed by atoms with Gasteiger partial charge in [0.15, 0.2) is 10.7 Å². The van der Waals surface area contributed by atoms with Crippen LogP contribution >= 0.6 is 11.3 Å². The van der Waals surface area contributed by atoms with Crippen LogP contribution in [-0.2, 0) is 10.4 Å². The first-order valence-corrected chi connectivity index (χ1v) is 4.50. The van der Waals surface area contributed by atoms with E-state index in [0.29, 0.717) is 0 Å². The van der Waals surface area contributed by atoms with E-state index < -0.39 is 11.6 Å². The molecule has 0 radical (unpaired) electrons. The highest BCUT2D eigenvalue weighted by Gasteiger charge is 2.37. The Morgan fingerprint density at radius 3 is 2.77 bits per heavy atom. The molecule has 1 aromatic heterocycles. The average Bonchev–Trinajstić information content (AvgIpc) is 2.50. The van der Waals surface area contributed by atoms with E-state index in [0.717, 1.165) is 11.3 Å². The van der Waals surface area contributed by atoms with E-state index in [-0.39, 0.29) is 16.4 Å². The van der Waals surface area contributed by atoms with Crippen LogP contribution in [0.1, 0.15) is 18.2 Å². The summed E-state index contributed by atoms with van der Waals surface area (Å²) in [7, 11) is 0. The van der Waals surface area contributed by atoms with Gasteiger partial charge in [-0.25, -0.2) is 9.78 Å². The van der Waals surface area contributed by atoms with Crippen LogP contribution in [0.15, 0.2) is 6.20 Å². The maximum atomic E-state index is 10.8. The second kappa shape index (κ2) is 3.31. The molecular formula is C7H10N2O3S. The number of nitrogen functional groups attached to an aromatic ring is 1. The van der Waals surface area contributed by atoms with E-state index >= 15 is 0 Å². The number of hydrogen-bond donors (Lipinski definition) is 3. The molecule has 0 aliphatic heterocycles. The van der Waals surface area contributed by atoms with Crippen LogP contribution in [0.4, 0.5) is 5.13 Å². The molecule has 0 aliphatic rings. The molecule has 4 N–H and O–H groups in total. The van der Waals surface area contributed by atoms with Crippen molar-refractivity contribution in [2.24, 2.45) is 0 Å². The molecule has 6 heteroatoms. The third kappa shape index (κ3) is 1.63. The van der Waals surface area contributed by atoms with Crippen molar-refractivity contribution in [3.8, 4) is 0 Å². The smallest absolute Gasteiger partial charge is 0.341 e. The number of carboxylic acid groups (broad SMARTS) is 1. The molecule has 1 heterocycles. The van der Waals surface area contributed by atoms with Gasteiger partial charge in [-0.1, -0.05) is 18.3 Å². The van der Waals surface area contributed by atoms with E-state index in [1.165, 1.54) is 6.20 Å². The fraction of sp³-hybridized carbons (Fsp3) is 0.429. The van der Waals surface area contributed by atoms with E-state index in [1.807, 2.05) is 0 Å². The highest BCUT2D eigenvalue weighted by atomic mass is 32.1. The van der Waals surface area contributed by atoms with Crippen molar-refractivity contribution in [3.63, 3.8) is 0 Å². The second-order valence-corrected chi connectivity index (χ2v) is 3.64. The average molecular weight is 202 g/mol. The molecule has 1 atom stereocenters. The van der Waals surface area contributed by atoms with Gasteiger partial charge in [0.05, 0.1) is 4.88 Å². The Morgan fingerprint density at radius 1 is 1.85 bits per heavy atom. The van der Waals surface area contributed by atoms with E-state index in [1.54, 1.807) is 6.92 Å². The van der Waals surface area contributed by atoms with Gasteiger partial charge in [-0.05, 0) is 6.42 Å². The molecule has 1 rings (SSSR count). The molecule has 1 unspecified atom stereocenters. The van der Waals surface area contributed by atoms with Gasteiger partial charge in [0.2, 0.25) is 0 Å². The normalized spacial score (nSPS) is 15.2. The van der Waals surface area contributed by atoms with Crippen LogP contribution < -0.4 is 5.73 Å². The molecule has 0 aliphatic carbocycles. The van der Waals surface area contributed by atoms with Gasteiger partial charge in [0.25, 0.3) is 0 Å². The summed E-state index contributed by atoms with van der Waals surface area (Å²) in [6.07, 6.45) is 1.38. The lowest BCUT2D eigenvalue weighted by molar-refractivity contribution is -0.159. The van der Waals surface area contributed by atoms with Crippen LogP contribution in [0.3, 0.4) is 0 Å². The molecule has 1 aromatic rings. The highest BCUT2D eigenvalue weighted by molar-refractivity contribution is 7.15. The lowest BCUT2D eigenvalue weighted by Crippen LogP contribution is -2.33. The molecule has 13 heavy (non-hydrogen) atoms. The molecular weight excluding hydrogens is 192 g/mol. The number of aliphatic hydroxyl groups is 1. The summed E-state index contributed by atoms with van der Waals surface area (Å²) in [5.41, 5.74) is 3.48. The monoisotopic (exact) mass is 202 g/mol. The van der Waals surface area contributed by atoms with Gasteiger partial charge in [-0.3, -0.25) is 0 Å². The topological polar surface area (TPSA) is 96.4 Å². The largest absolute Gasteiger partial charge is 0.479 e. The number of hydrogen-bond acceptors (Lipinski definition) is 5. The molecule has 0 aromatic carbocycles. The van der Waals surface area contributed by atoms with Crippen LogP contribution in [-0.4, -0.2) is 21.2 Å². The third-order valence-corrected chi connectivity index (χ3v) is 2.77. The van der Waals surface area contributed by atoms with Crippen molar-refractivity contribution in [2.45, 2.75) is 18.9 Å². The fourth-order valence-corrected chi connectivity index (χ4v) is 1.75. The van der Waals surface area contributed by atoms with Crippen LogP contribution in [0.2, 0.25) is 0 Å². The van der Waals surface area contributed by atoms with Crippen LogP contribution in [0.5, 0.6) is 0 Å².